The summed E-state index contributed by atoms with van der Waals surface area (Å²) in [4.78, 5) is 0. The average molecular weight is 207 g/mol. The van der Waals surface area contributed by atoms with E-state index in [4.69, 9.17) is 0 Å². The fourth-order valence-corrected chi connectivity index (χ4v) is 1.53. The minimum atomic E-state index is 0.130. The van der Waals surface area contributed by atoms with E-state index in [0.717, 1.165) is 5.69 Å². The number of aliphatic hydroxyl groups excluding tert-OH is 1. The molecule has 0 aliphatic carbocycles. The van der Waals surface area contributed by atoms with Crippen LogP contribution in [0.15, 0.2) is 18.2 Å². The third-order valence-corrected chi connectivity index (χ3v) is 2.95. The molecule has 0 saturated carbocycles. The van der Waals surface area contributed by atoms with Crippen molar-refractivity contribution in [2.45, 2.75) is 33.7 Å². The molecule has 0 spiro atoms. The molecule has 1 atom stereocenters. The molecule has 0 bridgehead atoms. The number of nitrogens with one attached hydrogen (secondary N) is 1. The van der Waals surface area contributed by atoms with Crippen molar-refractivity contribution >= 4 is 5.69 Å². The lowest BCUT2D eigenvalue weighted by atomic mass is 10.0. The highest BCUT2D eigenvalue weighted by Gasteiger charge is 2.12. The van der Waals surface area contributed by atoms with E-state index in [0.29, 0.717) is 5.92 Å². The van der Waals surface area contributed by atoms with Crippen molar-refractivity contribution in [3.63, 3.8) is 0 Å². The predicted molar refractivity (Wildman–Crippen MR) is 65.3 cm³/mol. The average Bonchev–Trinajstić information content (AvgIpc) is 2.19. The lowest BCUT2D eigenvalue weighted by Crippen LogP contribution is -2.29. The fraction of sp³-hybridized carbons (Fsp3) is 0.538. The molecule has 1 aromatic rings. The van der Waals surface area contributed by atoms with Crippen LogP contribution in [0.4, 0.5) is 5.69 Å². The van der Waals surface area contributed by atoms with E-state index in [9.17, 15) is 5.11 Å². The van der Waals surface area contributed by atoms with Gasteiger partial charge in [-0.3, -0.25) is 0 Å². The molecule has 1 unspecified atom stereocenters. The van der Waals surface area contributed by atoms with Crippen LogP contribution in [-0.4, -0.2) is 17.8 Å². The molecule has 15 heavy (non-hydrogen) atoms. The molecule has 0 heterocycles. The number of aryl methyl sites for hydroxylation is 1. The number of benzene rings is 1. The first kappa shape index (κ1) is 12.1. The van der Waals surface area contributed by atoms with Crippen molar-refractivity contribution < 1.29 is 5.11 Å². The molecule has 0 amide bonds. The fourth-order valence-electron chi connectivity index (χ4n) is 1.53. The van der Waals surface area contributed by atoms with Crippen LogP contribution in [0, 0.1) is 19.8 Å². The molecule has 0 aliphatic heterocycles. The maximum absolute atomic E-state index is 9.26. The Morgan fingerprint density at radius 1 is 1.27 bits per heavy atom. The molecular weight excluding hydrogens is 186 g/mol. The minimum Gasteiger partial charge on any atom is -0.394 e. The summed E-state index contributed by atoms with van der Waals surface area (Å²) in [5.74, 6) is 0.426. The van der Waals surface area contributed by atoms with Crippen molar-refractivity contribution in [3.05, 3.63) is 29.3 Å². The Morgan fingerprint density at radius 3 is 2.47 bits per heavy atom. The summed E-state index contributed by atoms with van der Waals surface area (Å²) in [6.45, 7) is 8.60. The number of aliphatic hydroxyl groups is 1. The maximum Gasteiger partial charge on any atom is 0.0635 e. The largest absolute Gasteiger partial charge is 0.394 e. The summed E-state index contributed by atoms with van der Waals surface area (Å²) >= 11 is 0. The Kier molecular flexibility index (Phi) is 4.15. The first-order chi connectivity index (χ1) is 7.06. The van der Waals surface area contributed by atoms with Gasteiger partial charge in [0.1, 0.15) is 0 Å². The Labute approximate surface area is 92.3 Å². The second-order valence-electron chi connectivity index (χ2n) is 4.42. The van der Waals surface area contributed by atoms with Crippen molar-refractivity contribution in [2.75, 3.05) is 11.9 Å². The van der Waals surface area contributed by atoms with Crippen molar-refractivity contribution in [3.8, 4) is 0 Å². The summed E-state index contributed by atoms with van der Waals surface area (Å²) in [5, 5.41) is 12.6. The third-order valence-electron chi connectivity index (χ3n) is 2.95. The van der Waals surface area contributed by atoms with Crippen LogP contribution in [0.3, 0.4) is 0 Å². The van der Waals surface area contributed by atoms with Gasteiger partial charge in [0.15, 0.2) is 0 Å². The highest BCUT2D eigenvalue weighted by Crippen LogP contribution is 2.20. The van der Waals surface area contributed by atoms with Crippen molar-refractivity contribution in [2.24, 2.45) is 5.92 Å². The van der Waals surface area contributed by atoms with Gasteiger partial charge in [-0.1, -0.05) is 26.0 Å². The van der Waals surface area contributed by atoms with E-state index in [1.807, 2.05) is 6.07 Å². The zero-order chi connectivity index (χ0) is 11.4. The molecular formula is C13H21NO. The van der Waals surface area contributed by atoms with Crippen LogP contribution in [0.1, 0.15) is 25.0 Å². The third kappa shape index (κ3) is 2.96. The quantitative estimate of drug-likeness (QED) is 0.795. The van der Waals surface area contributed by atoms with Gasteiger partial charge in [0.2, 0.25) is 0 Å². The van der Waals surface area contributed by atoms with Gasteiger partial charge in [0.25, 0.3) is 0 Å². The van der Waals surface area contributed by atoms with E-state index < -0.39 is 0 Å². The van der Waals surface area contributed by atoms with Gasteiger partial charge in [-0.05, 0) is 37.0 Å². The van der Waals surface area contributed by atoms with Gasteiger partial charge >= 0.3 is 0 Å². The summed E-state index contributed by atoms with van der Waals surface area (Å²) in [7, 11) is 0. The van der Waals surface area contributed by atoms with Gasteiger partial charge in [-0.2, -0.15) is 0 Å². The maximum atomic E-state index is 9.26. The standard InChI is InChI=1S/C13H21NO/c1-9(2)13(8-15)14-12-7-5-6-10(3)11(12)4/h5-7,9,13-15H,8H2,1-4H3. The normalized spacial score (nSPS) is 12.9. The smallest absolute Gasteiger partial charge is 0.0635 e. The van der Waals surface area contributed by atoms with Gasteiger partial charge < -0.3 is 10.4 Å². The van der Waals surface area contributed by atoms with Crippen LogP contribution in [0.25, 0.3) is 0 Å². The van der Waals surface area contributed by atoms with Crippen LogP contribution < -0.4 is 5.32 Å². The first-order valence-electron chi connectivity index (χ1n) is 5.50. The molecule has 1 aromatic carbocycles. The van der Waals surface area contributed by atoms with Gasteiger partial charge in [0, 0.05) is 5.69 Å². The Balaban J connectivity index is 2.84. The zero-order valence-electron chi connectivity index (χ0n) is 10.0. The van der Waals surface area contributed by atoms with E-state index in [-0.39, 0.29) is 12.6 Å². The summed E-state index contributed by atoms with van der Waals surface area (Å²) < 4.78 is 0. The van der Waals surface area contributed by atoms with Gasteiger partial charge in [-0.25, -0.2) is 0 Å². The van der Waals surface area contributed by atoms with Crippen LogP contribution in [0.2, 0.25) is 0 Å². The molecule has 2 nitrogen and oxygen atoms in total. The van der Waals surface area contributed by atoms with Crippen LogP contribution >= 0.6 is 0 Å². The zero-order valence-corrected chi connectivity index (χ0v) is 10.0. The van der Waals surface area contributed by atoms with E-state index in [1.165, 1.54) is 11.1 Å². The van der Waals surface area contributed by atoms with Crippen molar-refractivity contribution in [1.29, 1.82) is 0 Å². The number of hydrogen-bond donors (Lipinski definition) is 2. The minimum absolute atomic E-state index is 0.130. The summed E-state index contributed by atoms with van der Waals surface area (Å²) in [6, 6.07) is 6.34. The second-order valence-corrected chi connectivity index (χ2v) is 4.42. The monoisotopic (exact) mass is 207 g/mol. The van der Waals surface area contributed by atoms with Gasteiger partial charge in [-0.15, -0.1) is 0 Å². The lowest BCUT2D eigenvalue weighted by molar-refractivity contribution is 0.249. The first-order valence-corrected chi connectivity index (χ1v) is 5.50. The highest BCUT2D eigenvalue weighted by atomic mass is 16.3. The van der Waals surface area contributed by atoms with Gasteiger partial charge in [0.05, 0.1) is 12.6 Å². The number of hydrogen-bond acceptors (Lipinski definition) is 2. The molecule has 2 N–H and O–H groups in total. The molecule has 0 fully saturated rings. The van der Waals surface area contributed by atoms with Crippen LogP contribution in [0.5, 0.6) is 0 Å². The number of anilines is 1. The molecule has 2 heteroatoms. The molecule has 0 radical (unpaired) electrons. The molecule has 0 saturated heterocycles. The van der Waals surface area contributed by atoms with Crippen molar-refractivity contribution in [1.82, 2.24) is 0 Å². The molecule has 0 aliphatic rings. The van der Waals surface area contributed by atoms with E-state index in [1.54, 1.807) is 0 Å². The SMILES string of the molecule is Cc1cccc(NC(CO)C(C)C)c1C. The molecule has 84 valence electrons. The Hall–Kier alpha value is -1.02. The van der Waals surface area contributed by atoms with E-state index >= 15 is 0 Å². The summed E-state index contributed by atoms with van der Waals surface area (Å²) in [6.07, 6.45) is 0. The van der Waals surface area contributed by atoms with Crippen LogP contribution in [-0.2, 0) is 0 Å². The second kappa shape index (κ2) is 5.17. The molecule has 1 rings (SSSR count). The summed E-state index contributed by atoms with van der Waals surface area (Å²) in [5.41, 5.74) is 3.67. The predicted octanol–water partition coefficient (Wildman–Crippen LogP) is 2.73. The Morgan fingerprint density at radius 2 is 1.93 bits per heavy atom. The molecule has 0 aromatic heterocycles. The Bertz CT molecular complexity index is 320. The van der Waals surface area contributed by atoms with E-state index in [2.05, 4.69) is 45.1 Å². The number of rotatable bonds is 4. The topological polar surface area (TPSA) is 32.3 Å². The lowest BCUT2D eigenvalue weighted by Gasteiger charge is -2.22. The highest BCUT2D eigenvalue weighted by molar-refractivity contribution is 5.54.